The molecule has 0 unspecified atom stereocenters. The predicted molar refractivity (Wildman–Crippen MR) is 130 cm³/mol. The van der Waals surface area contributed by atoms with Gasteiger partial charge in [-0.3, -0.25) is 14.6 Å². The van der Waals surface area contributed by atoms with Crippen LogP contribution in [0.3, 0.4) is 0 Å². The summed E-state index contributed by atoms with van der Waals surface area (Å²) in [4.78, 5) is 32.4. The first kappa shape index (κ1) is 22.7. The van der Waals surface area contributed by atoms with Crippen LogP contribution in [0.1, 0.15) is 30.4 Å². The molecule has 5 nitrogen and oxygen atoms in total. The van der Waals surface area contributed by atoms with Gasteiger partial charge in [0, 0.05) is 39.0 Å². The lowest BCUT2D eigenvalue weighted by molar-refractivity contribution is -0.141. The normalized spacial score (nSPS) is 18.0. The van der Waals surface area contributed by atoms with Gasteiger partial charge in [-0.2, -0.15) is 0 Å². The van der Waals surface area contributed by atoms with Gasteiger partial charge in [0.25, 0.3) is 0 Å². The number of amides is 2. The van der Waals surface area contributed by atoms with E-state index in [1.165, 1.54) is 0 Å². The first-order chi connectivity index (χ1) is 16.1. The summed E-state index contributed by atoms with van der Waals surface area (Å²) < 4.78 is 0. The van der Waals surface area contributed by atoms with Crippen molar-refractivity contribution in [3.63, 3.8) is 0 Å². The largest absolute Gasteiger partial charge is 0.359 e. The summed E-state index contributed by atoms with van der Waals surface area (Å²) in [6.07, 6.45) is 6.92. The van der Waals surface area contributed by atoms with Crippen molar-refractivity contribution in [3.05, 3.63) is 90.3 Å². The Morgan fingerprint density at radius 3 is 2.48 bits per heavy atom. The first-order valence-electron chi connectivity index (χ1n) is 11.6. The molecule has 0 bridgehead atoms. The van der Waals surface area contributed by atoms with E-state index >= 15 is 0 Å². The van der Waals surface area contributed by atoms with Gasteiger partial charge in [-0.25, -0.2) is 0 Å². The van der Waals surface area contributed by atoms with Crippen molar-refractivity contribution in [1.29, 1.82) is 0 Å². The number of benzene rings is 2. The lowest BCUT2D eigenvalue weighted by Gasteiger charge is -2.42. The molecule has 170 valence electrons. The van der Waals surface area contributed by atoms with Gasteiger partial charge in [-0.15, -0.1) is 0 Å². The molecule has 1 saturated heterocycles. The van der Waals surface area contributed by atoms with Crippen LogP contribution in [0, 0.1) is 5.41 Å². The van der Waals surface area contributed by atoms with Gasteiger partial charge >= 0.3 is 0 Å². The molecule has 2 heterocycles. The van der Waals surface area contributed by atoms with Crippen LogP contribution in [0.2, 0.25) is 0 Å². The standard InChI is InChI=1S/C28H31N3O2/c1-29-27(33)28(20-24-10-5-6-11-25(24)23-14-17-30-18-15-23)16-7-19-31(21-28)26(32)13-12-22-8-3-2-4-9-22/h2-6,8-11,14-15,17-18H,7,12-13,16,19-21H2,1H3,(H,29,33)/t28-/m1/s1. The molecule has 0 radical (unpaired) electrons. The van der Waals surface area contributed by atoms with E-state index in [-0.39, 0.29) is 11.8 Å². The number of piperidine rings is 1. The Morgan fingerprint density at radius 2 is 1.73 bits per heavy atom. The Hall–Kier alpha value is -3.47. The number of carbonyl (C=O) groups is 2. The van der Waals surface area contributed by atoms with Crippen LogP contribution in [0.25, 0.3) is 11.1 Å². The number of aryl methyl sites for hydroxylation is 1. The maximum Gasteiger partial charge on any atom is 0.228 e. The summed E-state index contributed by atoms with van der Waals surface area (Å²) in [7, 11) is 1.69. The van der Waals surface area contributed by atoms with Crippen LogP contribution in [0.15, 0.2) is 79.1 Å². The van der Waals surface area contributed by atoms with Crippen molar-refractivity contribution in [2.45, 2.75) is 32.1 Å². The lowest BCUT2D eigenvalue weighted by atomic mass is 9.73. The third kappa shape index (κ3) is 5.30. The van der Waals surface area contributed by atoms with Crippen LogP contribution in [-0.2, 0) is 22.4 Å². The van der Waals surface area contributed by atoms with Crippen molar-refractivity contribution in [2.24, 2.45) is 5.41 Å². The molecule has 2 amide bonds. The highest BCUT2D eigenvalue weighted by Crippen LogP contribution is 2.37. The molecule has 2 aromatic carbocycles. The molecule has 1 N–H and O–H groups in total. The molecule has 0 spiro atoms. The second-order valence-electron chi connectivity index (χ2n) is 8.83. The zero-order valence-electron chi connectivity index (χ0n) is 19.2. The first-order valence-corrected chi connectivity index (χ1v) is 11.6. The Kier molecular flexibility index (Phi) is 7.18. The molecule has 1 aromatic heterocycles. The Balaban J connectivity index is 1.55. The van der Waals surface area contributed by atoms with Gasteiger partial charge in [0.15, 0.2) is 0 Å². The van der Waals surface area contributed by atoms with Crippen LogP contribution < -0.4 is 5.32 Å². The summed E-state index contributed by atoms with van der Waals surface area (Å²) in [5, 5.41) is 2.89. The molecule has 5 heteroatoms. The van der Waals surface area contributed by atoms with E-state index in [2.05, 4.69) is 22.4 Å². The lowest BCUT2D eigenvalue weighted by Crippen LogP contribution is -2.54. The highest BCUT2D eigenvalue weighted by atomic mass is 16.2. The number of nitrogens with zero attached hydrogens (tertiary/aromatic N) is 2. The number of aromatic nitrogens is 1. The predicted octanol–water partition coefficient (Wildman–Crippen LogP) is 4.28. The van der Waals surface area contributed by atoms with Crippen molar-refractivity contribution in [1.82, 2.24) is 15.2 Å². The molecule has 0 saturated carbocycles. The van der Waals surface area contributed by atoms with Gasteiger partial charge in [-0.05, 0) is 60.1 Å². The number of hydrogen-bond acceptors (Lipinski definition) is 3. The monoisotopic (exact) mass is 441 g/mol. The topological polar surface area (TPSA) is 62.3 Å². The van der Waals surface area contributed by atoms with Crippen LogP contribution in [0.4, 0.5) is 0 Å². The van der Waals surface area contributed by atoms with E-state index in [9.17, 15) is 9.59 Å². The number of hydrogen-bond donors (Lipinski definition) is 1. The minimum Gasteiger partial charge on any atom is -0.359 e. The molecular weight excluding hydrogens is 410 g/mol. The average Bonchev–Trinajstić information content (AvgIpc) is 2.88. The maximum absolute atomic E-state index is 13.2. The van der Waals surface area contributed by atoms with Gasteiger partial charge in [0.2, 0.25) is 11.8 Å². The minimum absolute atomic E-state index is 0.00703. The molecule has 1 aliphatic rings. The summed E-state index contributed by atoms with van der Waals surface area (Å²) in [5.74, 6) is 0.127. The van der Waals surface area contributed by atoms with Gasteiger partial charge in [0.1, 0.15) is 0 Å². The Labute approximate surface area is 195 Å². The van der Waals surface area contributed by atoms with Gasteiger partial charge in [0.05, 0.1) is 5.41 Å². The van der Waals surface area contributed by atoms with E-state index in [1.54, 1.807) is 19.4 Å². The molecule has 1 aliphatic heterocycles. The number of likely N-dealkylation sites (tertiary alicyclic amines) is 1. The van der Waals surface area contributed by atoms with Crippen LogP contribution >= 0.6 is 0 Å². The number of nitrogens with one attached hydrogen (secondary N) is 1. The van der Waals surface area contributed by atoms with Crippen LogP contribution in [-0.4, -0.2) is 41.8 Å². The fraction of sp³-hybridized carbons (Fsp3) is 0.321. The zero-order valence-corrected chi connectivity index (χ0v) is 19.2. The minimum atomic E-state index is -0.640. The number of pyridine rings is 1. The van der Waals surface area contributed by atoms with Gasteiger partial charge < -0.3 is 10.2 Å². The second-order valence-corrected chi connectivity index (χ2v) is 8.83. The summed E-state index contributed by atoms with van der Waals surface area (Å²) in [5.41, 5.74) is 3.82. The van der Waals surface area contributed by atoms with E-state index in [4.69, 9.17) is 0 Å². The molecule has 3 aromatic rings. The third-order valence-electron chi connectivity index (χ3n) is 6.65. The van der Waals surface area contributed by atoms with E-state index < -0.39 is 5.41 Å². The third-order valence-corrected chi connectivity index (χ3v) is 6.65. The maximum atomic E-state index is 13.2. The van der Waals surface area contributed by atoms with E-state index in [0.717, 1.165) is 35.1 Å². The highest BCUT2D eigenvalue weighted by molar-refractivity contribution is 5.85. The average molecular weight is 442 g/mol. The number of rotatable bonds is 7. The number of carbonyl (C=O) groups excluding carboxylic acids is 2. The summed E-state index contributed by atoms with van der Waals surface area (Å²) >= 11 is 0. The zero-order chi connectivity index (χ0) is 23.1. The molecule has 1 atom stereocenters. The second kappa shape index (κ2) is 10.4. The molecule has 33 heavy (non-hydrogen) atoms. The Morgan fingerprint density at radius 1 is 1.00 bits per heavy atom. The van der Waals surface area contributed by atoms with Crippen LogP contribution in [0.5, 0.6) is 0 Å². The smallest absolute Gasteiger partial charge is 0.228 e. The fourth-order valence-electron chi connectivity index (χ4n) is 4.93. The van der Waals surface area contributed by atoms with Crippen molar-refractivity contribution in [3.8, 4) is 11.1 Å². The van der Waals surface area contributed by atoms with Crippen molar-refractivity contribution >= 4 is 11.8 Å². The Bertz CT molecular complexity index is 1080. The van der Waals surface area contributed by atoms with Crippen molar-refractivity contribution in [2.75, 3.05) is 20.1 Å². The molecule has 0 aliphatic carbocycles. The highest BCUT2D eigenvalue weighted by Gasteiger charge is 2.43. The SMILES string of the molecule is CNC(=O)[C@@]1(Cc2ccccc2-c2ccncc2)CCCN(C(=O)CCc2ccccc2)C1. The fourth-order valence-corrected chi connectivity index (χ4v) is 4.93. The molecule has 4 rings (SSSR count). The van der Waals surface area contributed by atoms with Gasteiger partial charge in [-0.1, -0.05) is 54.6 Å². The van der Waals surface area contributed by atoms with Crippen molar-refractivity contribution < 1.29 is 9.59 Å². The summed E-state index contributed by atoms with van der Waals surface area (Å²) in [6, 6.07) is 22.3. The van der Waals surface area contributed by atoms with E-state index in [0.29, 0.717) is 32.4 Å². The molecule has 1 fully saturated rings. The van der Waals surface area contributed by atoms with E-state index in [1.807, 2.05) is 59.5 Å². The molecular formula is C28H31N3O2. The summed E-state index contributed by atoms with van der Waals surface area (Å²) in [6.45, 7) is 1.16. The quantitative estimate of drug-likeness (QED) is 0.595.